The molecule has 0 amide bonds. The molecule has 0 aliphatic carbocycles. The average molecular weight is 350 g/mol. The summed E-state index contributed by atoms with van der Waals surface area (Å²) >= 11 is 0. The van der Waals surface area contributed by atoms with Crippen molar-refractivity contribution in [2.45, 2.75) is 0 Å². The molecule has 4 rings (SSSR count). The second-order valence-electron chi connectivity index (χ2n) is 5.99. The minimum atomic E-state index is -0.461. The molecule has 0 aliphatic heterocycles. The van der Waals surface area contributed by atoms with Gasteiger partial charge in [0.1, 0.15) is 11.3 Å². The van der Waals surface area contributed by atoms with Crippen molar-refractivity contribution < 1.29 is 4.39 Å². The Morgan fingerprint density at radius 3 is 2.65 bits per heavy atom. The van der Waals surface area contributed by atoms with E-state index >= 15 is 0 Å². The molecule has 0 bridgehead atoms. The summed E-state index contributed by atoms with van der Waals surface area (Å²) in [5.74, 6) is -0.198. The second-order valence-corrected chi connectivity index (χ2v) is 5.99. The second kappa shape index (κ2) is 5.69. The zero-order valence-corrected chi connectivity index (χ0v) is 13.8. The van der Waals surface area contributed by atoms with Crippen LogP contribution < -0.4 is 22.3 Å². The van der Waals surface area contributed by atoms with Crippen LogP contribution >= 0.6 is 0 Å². The van der Waals surface area contributed by atoms with Crippen LogP contribution in [0.25, 0.3) is 21.8 Å². The predicted octanol–water partition coefficient (Wildman–Crippen LogP) is 2.53. The minimum Gasteiger partial charge on any atom is -0.399 e. The molecule has 0 unspecified atom stereocenters. The van der Waals surface area contributed by atoms with Gasteiger partial charge in [-0.05, 0) is 36.4 Å². The third-order valence-corrected chi connectivity index (χ3v) is 4.14. The van der Waals surface area contributed by atoms with E-state index in [1.165, 1.54) is 16.7 Å². The van der Waals surface area contributed by atoms with Crippen LogP contribution in [0.3, 0.4) is 0 Å². The number of halogens is 1. The lowest BCUT2D eigenvalue weighted by molar-refractivity contribution is 0.629. The van der Waals surface area contributed by atoms with Gasteiger partial charge in [-0.2, -0.15) is 0 Å². The highest BCUT2D eigenvalue weighted by molar-refractivity contribution is 6.04. The number of anilines is 4. The lowest BCUT2D eigenvalue weighted by atomic mass is 10.1. The molecule has 0 aliphatic rings. The van der Waals surface area contributed by atoms with Gasteiger partial charge in [-0.25, -0.2) is 14.4 Å². The first-order valence-corrected chi connectivity index (χ1v) is 7.80. The Morgan fingerprint density at radius 2 is 1.88 bits per heavy atom. The monoisotopic (exact) mass is 350 g/mol. The smallest absolute Gasteiger partial charge is 0.258 e. The summed E-state index contributed by atoms with van der Waals surface area (Å²) in [6.45, 7) is 0. The third-order valence-electron chi connectivity index (χ3n) is 4.14. The first-order valence-electron chi connectivity index (χ1n) is 7.80. The molecule has 8 heteroatoms. The molecule has 5 N–H and O–H groups in total. The van der Waals surface area contributed by atoms with Gasteiger partial charge >= 0.3 is 0 Å². The molecule has 130 valence electrons. The molecule has 4 aromatic rings. The fourth-order valence-corrected chi connectivity index (χ4v) is 2.93. The maximum absolute atomic E-state index is 13.5. The highest BCUT2D eigenvalue weighted by atomic mass is 19.1. The Labute approximate surface area is 147 Å². The average Bonchev–Trinajstić information content (AvgIpc) is 2.58. The number of rotatable bonds is 2. The quantitative estimate of drug-likeness (QED) is 0.378. The van der Waals surface area contributed by atoms with Crippen LogP contribution in [-0.4, -0.2) is 14.5 Å². The van der Waals surface area contributed by atoms with Gasteiger partial charge in [0, 0.05) is 29.5 Å². The number of hydrogen-bond acceptors (Lipinski definition) is 6. The Hall–Kier alpha value is -3.68. The van der Waals surface area contributed by atoms with Crippen molar-refractivity contribution in [3.05, 3.63) is 58.8 Å². The molecule has 0 spiro atoms. The Balaban J connectivity index is 1.92. The summed E-state index contributed by atoms with van der Waals surface area (Å²) < 4.78 is 15.0. The van der Waals surface area contributed by atoms with Gasteiger partial charge in [-0.1, -0.05) is 0 Å². The predicted molar refractivity (Wildman–Crippen MR) is 101 cm³/mol. The van der Waals surface area contributed by atoms with E-state index in [1.807, 2.05) is 0 Å². The summed E-state index contributed by atoms with van der Waals surface area (Å²) in [6.07, 6.45) is 1.55. The van der Waals surface area contributed by atoms with Crippen LogP contribution in [0.2, 0.25) is 0 Å². The fraction of sp³-hybridized carbons (Fsp3) is 0.0556. The molecular formula is C18H15FN6O. The lowest BCUT2D eigenvalue weighted by Crippen LogP contribution is -2.18. The van der Waals surface area contributed by atoms with Gasteiger partial charge in [0.25, 0.3) is 5.56 Å². The molecule has 0 fully saturated rings. The molecule has 2 aromatic heterocycles. The van der Waals surface area contributed by atoms with Gasteiger partial charge in [0.05, 0.1) is 17.1 Å². The number of benzene rings is 2. The first kappa shape index (κ1) is 15.8. The number of aromatic nitrogens is 3. The molecule has 0 saturated carbocycles. The van der Waals surface area contributed by atoms with Crippen molar-refractivity contribution in [2.75, 3.05) is 16.8 Å². The van der Waals surface area contributed by atoms with Crippen LogP contribution in [-0.2, 0) is 7.05 Å². The molecule has 0 radical (unpaired) electrons. The number of pyridine rings is 1. The van der Waals surface area contributed by atoms with Gasteiger partial charge < -0.3 is 21.4 Å². The first-order chi connectivity index (χ1) is 12.4. The van der Waals surface area contributed by atoms with Crippen molar-refractivity contribution in [3.8, 4) is 0 Å². The number of fused-ring (bicyclic) bond motifs is 3. The van der Waals surface area contributed by atoms with Crippen molar-refractivity contribution in [1.29, 1.82) is 0 Å². The highest BCUT2D eigenvalue weighted by Crippen LogP contribution is 2.24. The zero-order chi connectivity index (χ0) is 18.4. The van der Waals surface area contributed by atoms with Crippen LogP contribution in [0, 0.1) is 5.82 Å². The van der Waals surface area contributed by atoms with Gasteiger partial charge in [-0.3, -0.25) is 4.79 Å². The maximum atomic E-state index is 13.5. The van der Waals surface area contributed by atoms with Gasteiger partial charge in [0.15, 0.2) is 0 Å². The Kier molecular flexibility index (Phi) is 3.47. The normalized spacial score (nSPS) is 11.2. The van der Waals surface area contributed by atoms with Crippen LogP contribution in [0.1, 0.15) is 0 Å². The summed E-state index contributed by atoms with van der Waals surface area (Å²) in [6, 6.07) is 9.19. The molecular weight excluding hydrogens is 335 g/mol. The fourth-order valence-electron chi connectivity index (χ4n) is 2.93. The third kappa shape index (κ3) is 2.57. The standard InChI is InChI=1S/C18H15FN6O/c1-25-15-8-22-18(23-12-5-9(19)4-11(21)6-12)24-16(15)13-3-2-10(20)7-14(13)17(25)26/h2-8H,20-21H2,1H3,(H,22,23,24). The number of nitrogen functional groups attached to an aromatic ring is 2. The molecule has 7 nitrogen and oxygen atoms in total. The zero-order valence-electron chi connectivity index (χ0n) is 13.8. The van der Waals surface area contributed by atoms with Gasteiger partial charge in [0.2, 0.25) is 5.95 Å². The summed E-state index contributed by atoms with van der Waals surface area (Å²) in [7, 11) is 1.65. The van der Waals surface area contributed by atoms with Crippen LogP contribution in [0.4, 0.5) is 27.4 Å². The number of aryl methyl sites for hydroxylation is 1. The maximum Gasteiger partial charge on any atom is 0.258 e. The number of nitrogens with two attached hydrogens (primary N) is 2. The van der Waals surface area contributed by atoms with Crippen molar-refractivity contribution in [3.63, 3.8) is 0 Å². The summed E-state index contributed by atoms with van der Waals surface area (Å²) in [5.41, 5.74) is 13.7. The van der Waals surface area contributed by atoms with Crippen molar-refractivity contribution >= 4 is 44.8 Å². The topological polar surface area (TPSA) is 112 Å². The SMILES string of the molecule is Cn1c(=O)c2cc(N)ccc2c2nc(Nc3cc(N)cc(F)c3)ncc21. The van der Waals surface area contributed by atoms with E-state index in [4.69, 9.17) is 11.5 Å². The largest absolute Gasteiger partial charge is 0.399 e. The van der Waals surface area contributed by atoms with E-state index in [2.05, 4.69) is 15.3 Å². The molecule has 0 saturated heterocycles. The summed E-state index contributed by atoms with van der Waals surface area (Å²) in [5, 5.41) is 4.07. The van der Waals surface area contributed by atoms with Crippen molar-refractivity contribution in [1.82, 2.24) is 14.5 Å². The molecule has 0 atom stereocenters. The Morgan fingerprint density at radius 1 is 1.08 bits per heavy atom. The van der Waals surface area contributed by atoms with Gasteiger partial charge in [-0.15, -0.1) is 0 Å². The number of hydrogen-bond donors (Lipinski definition) is 3. The summed E-state index contributed by atoms with van der Waals surface area (Å²) in [4.78, 5) is 21.2. The van der Waals surface area contributed by atoms with E-state index in [-0.39, 0.29) is 17.2 Å². The molecule has 2 heterocycles. The molecule has 26 heavy (non-hydrogen) atoms. The van der Waals surface area contributed by atoms with E-state index in [0.717, 1.165) is 0 Å². The number of nitrogens with one attached hydrogen (secondary N) is 1. The lowest BCUT2D eigenvalue weighted by Gasteiger charge is -2.11. The van der Waals surface area contributed by atoms with Crippen molar-refractivity contribution in [2.24, 2.45) is 7.05 Å². The van der Waals surface area contributed by atoms with E-state index < -0.39 is 5.82 Å². The minimum absolute atomic E-state index is 0.179. The Bertz CT molecular complexity index is 1210. The molecule has 2 aromatic carbocycles. The van der Waals surface area contributed by atoms with Crippen LogP contribution in [0.5, 0.6) is 0 Å². The highest BCUT2D eigenvalue weighted by Gasteiger charge is 2.12. The number of nitrogens with zero attached hydrogens (tertiary/aromatic N) is 3. The van der Waals surface area contributed by atoms with Crippen LogP contribution in [0.15, 0.2) is 47.4 Å². The van der Waals surface area contributed by atoms with E-state index in [9.17, 15) is 9.18 Å². The van der Waals surface area contributed by atoms with E-state index in [0.29, 0.717) is 33.2 Å². The van der Waals surface area contributed by atoms with E-state index in [1.54, 1.807) is 37.5 Å².